The molecule has 0 aromatic heterocycles. The second kappa shape index (κ2) is 4.06. The van der Waals surface area contributed by atoms with Crippen molar-refractivity contribution in [1.29, 1.82) is 0 Å². The smallest absolute Gasteiger partial charge is 0.258 e. The molecular weight excluding hydrogens is 181 g/mol. The molecule has 0 amide bonds. The third-order valence-corrected chi connectivity index (χ3v) is 1.82. The first kappa shape index (κ1) is 8.99. The van der Waals surface area contributed by atoms with E-state index in [0.717, 1.165) is 0 Å². The lowest BCUT2D eigenvalue weighted by molar-refractivity contribution is -0.385. The Morgan fingerprint density at radius 3 is 2.75 bits per heavy atom. The second-order valence-corrected chi connectivity index (χ2v) is 2.65. The average Bonchev–Trinajstić information content (AvgIpc) is 2.05. The molecule has 0 aliphatic heterocycles. The van der Waals surface area contributed by atoms with E-state index in [0.29, 0.717) is 5.56 Å². The summed E-state index contributed by atoms with van der Waals surface area (Å²) < 4.78 is 11.8. The maximum absolute atomic E-state index is 11.8. The summed E-state index contributed by atoms with van der Waals surface area (Å²) in [6.45, 7) is 0. The summed E-state index contributed by atoms with van der Waals surface area (Å²) in [5.74, 6) is 0.0250. The highest BCUT2D eigenvalue weighted by atomic mass is 32.2. The Kier molecular flexibility index (Phi) is 3.04. The van der Waals surface area contributed by atoms with Crippen LogP contribution in [-0.4, -0.2) is 4.92 Å². The Bertz CT molecular complexity index is 292. The maximum atomic E-state index is 11.8. The summed E-state index contributed by atoms with van der Waals surface area (Å²) >= 11 is 0.0819. The number of benzene rings is 1. The van der Waals surface area contributed by atoms with E-state index in [1.807, 2.05) is 0 Å². The first-order valence-corrected chi connectivity index (χ1v) is 4.10. The van der Waals surface area contributed by atoms with Crippen molar-refractivity contribution in [1.82, 2.24) is 0 Å². The van der Waals surface area contributed by atoms with Crippen molar-refractivity contribution in [2.24, 2.45) is 0 Å². The summed E-state index contributed by atoms with van der Waals surface area (Å²) in [5, 5.41) is 10.4. The van der Waals surface area contributed by atoms with Crippen LogP contribution >= 0.6 is 12.1 Å². The van der Waals surface area contributed by atoms with E-state index in [1.165, 1.54) is 6.07 Å². The molecule has 0 saturated carbocycles. The highest BCUT2D eigenvalue weighted by molar-refractivity contribution is 7.93. The molecule has 0 radical (unpaired) electrons. The first-order chi connectivity index (χ1) is 5.75. The molecule has 1 aromatic carbocycles. The molecular formula is C7H6FNO2S. The van der Waals surface area contributed by atoms with Crippen LogP contribution in [0.1, 0.15) is 5.56 Å². The molecule has 1 rings (SSSR count). The van der Waals surface area contributed by atoms with Gasteiger partial charge in [-0.25, -0.2) is 0 Å². The van der Waals surface area contributed by atoms with Gasteiger partial charge in [0.1, 0.15) is 0 Å². The lowest BCUT2D eigenvalue weighted by atomic mass is 10.2. The van der Waals surface area contributed by atoms with E-state index in [9.17, 15) is 14.0 Å². The van der Waals surface area contributed by atoms with Gasteiger partial charge >= 0.3 is 0 Å². The van der Waals surface area contributed by atoms with Gasteiger partial charge in [-0.1, -0.05) is 18.2 Å². The number of nitro benzene ring substituents is 1. The Labute approximate surface area is 73.0 Å². The quantitative estimate of drug-likeness (QED) is 0.539. The van der Waals surface area contributed by atoms with Crippen molar-refractivity contribution in [3.8, 4) is 0 Å². The molecule has 12 heavy (non-hydrogen) atoms. The zero-order valence-electron chi connectivity index (χ0n) is 6.07. The Morgan fingerprint density at radius 2 is 2.17 bits per heavy atom. The first-order valence-electron chi connectivity index (χ1n) is 3.21. The van der Waals surface area contributed by atoms with Gasteiger partial charge < -0.3 is 0 Å². The van der Waals surface area contributed by atoms with E-state index in [1.54, 1.807) is 18.2 Å². The lowest BCUT2D eigenvalue weighted by Crippen LogP contribution is -1.92. The molecule has 0 spiro atoms. The van der Waals surface area contributed by atoms with Crippen LogP contribution in [0.2, 0.25) is 0 Å². The summed E-state index contributed by atoms with van der Waals surface area (Å²) in [6.07, 6.45) is 0. The topological polar surface area (TPSA) is 43.1 Å². The summed E-state index contributed by atoms with van der Waals surface area (Å²) in [6, 6.07) is 6.12. The van der Waals surface area contributed by atoms with Gasteiger partial charge in [0.25, 0.3) is 5.69 Å². The van der Waals surface area contributed by atoms with E-state index in [-0.39, 0.29) is 23.6 Å². The van der Waals surface area contributed by atoms with Gasteiger partial charge in [0, 0.05) is 23.8 Å². The molecule has 0 aliphatic carbocycles. The van der Waals surface area contributed by atoms with Crippen molar-refractivity contribution in [3.05, 3.63) is 39.9 Å². The molecule has 64 valence electrons. The van der Waals surface area contributed by atoms with Crippen LogP contribution < -0.4 is 0 Å². The molecule has 0 saturated heterocycles. The van der Waals surface area contributed by atoms with Crippen LogP contribution in [0.3, 0.4) is 0 Å². The SMILES string of the molecule is O=[N+]([O-])c1ccccc1CSF. The minimum atomic E-state index is -0.508. The Morgan fingerprint density at radius 1 is 1.50 bits per heavy atom. The van der Waals surface area contributed by atoms with Gasteiger partial charge in [0.05, 0.1) is 10.7 Å². The van der Waals surface area contributed by atoms with Crippen molar-refractivity contribution in [2.45, 2.75) is 5.75 Å². The fourth-order valence-electron chi connectivity index (χ4n) is 0.870. The molecule has 1 aromatic rings. The number of halogens is 1. The summed E-state index contributed by atoms with van der Waals surface area (Å²) in [5.41, 5.74) is 0.387. The van der Waals surface area contributed by atoms with Crippen molar-refractivity contribution in [3.63, 3.8) is 0 Å². The standard InChI is InChI=1S/C7H6FNO2S/c8-12-5-6-3-1-2-4-7(6)9(10)11/h1-4H,5H2. The van der Waals surface area contributed by atoms with Crippen LogP contribution in [0.15, 0.2) is 24.3 Å². The van der Waals surface area contributed by atoms with Crippen molar-refractivity contribution >= 4 is 17.8 Å². The predicted octanol–water partition coefficient (Wildman–Crippen LogP) is 2.71. The van der Waals surface area contributed by atoms with Crippen LogP contribution in [0.4, 0.5) is 9.57 Å². The van der Waals surface area contributed by atoms with E-state index < -0.39 is 4.92 Å². The van der Waals surface area contributed by atoms with Crippen molar-refractivity contribution < 1.29 is 8.81 Å². The van der Waals surface area contributed by atoms with Crippen LogP contribution in [-0.2, 0) is 5.75 Å². The third-order valence-electron chi connectivity index (χ3n) is 1.40. The monoisotopic (exact) mass is 187 g/mol. The number of nitro groups is 1. The summed E-state index contributed by atoms with van der Waals surface area (Å²) in [7, 11) is 0. The van der Waals surface area contributed by atoms with Gasteiger partial charge in [-0.3, -0.25) is 10.1 Å². The zero-order chi connectivity index (χ0) is 8.97. The van der Waals surface area contributed by atoms with Crippen molar-refractivity contribution in [2.75, 3.05) is 0 Å². The minimum Gasteiger partial charge on any atom is -0.258 e. The van der Waals surface area contributed by atoms with Gasteiger partial charge in [0.15, 0.2) is 0 Å². The molecule has 5 heteroatoms. The van der Waals surface area contributed by atoms with E-state index in [4.69, 9.17) is 0 Å². The Balaban J connectivity index is 3.00. The van der Waals surface area contributed by atoms with Crippen LogP contribution in [0, 0.1) is 10.1 Å². The molecule has 0 aliphatic rings. The number of hydrogen-bond acceptors (Lipinski definition) is 3. The Hall–Kier alpha value is -1.10. The van der Waals surface area contributed by atoms with Gasteiger partial charge in [-0.05, 0) is 0 Å². The number of rotatable bonds is 3. The van der Waals surface area contributed by atoms with E-state index in [2.05, 4.69) is 0 Å². The molecule has 0 unspecified atom stereocenters. The number of nitrogens with zero attached hydrogens (tertiary/aromatic N) is 1. The maximum Gasteiger partial charge on any atom is 0.273 e. The van der Waals surface area contributed by atoms with Crippen LogP contribution in [0.5, 0.6) is 0 Å². The normalized spacial score (nSPS) is 9.75. The molecule has 0 atom stereocenters. The summed E-state index contributed by atoms with van der Waals surface area (Å²) in [4.78, 5) is 9.86. The largest absolute Gasteiger partial charge is 0.273 e. The van der Waals surface area contributed by atoms with Crippen LogP contribution in [0.25, 0.3) is 0 Å². The van der Waals surface area contributed by atoms with Gasteiger partial charge in [-0.2, -0.15) is 3.89 Å². The van der Waals surface area contributed by atoms with Gasteiger partial charge in [-0.15, -0.1) is 0 Å². The minimum absolute atomic E-state index is 0.0250. The zero-order valence-corrected chi connectivity index (χ0v) is 6.88. The highest BCUT2D eigenvalue weighted by Gasteiger charge is 2.11. The molecule has 0 bridgehead atoms. The second-order valence-electron chi connectivity index (χ2n) is 2.14. The fourth-order valence-corrected chi connectivity index (χ4v) is 1.23. The molecule has 3 nitrogen and oxygen atoms in total. The average molecular weight is 187 g/mol. The number of para-hydroxylation sites is 1. The molecule has 0 N–H and O–H groups in total. The van der Waals surface area contributed by atoms with E-state index >= 15 is 0 Å². The predicted molar refractivity (Wildman–Crippen MR) is 45.5 cm³/mol. The number of hydrogen-bond donors (Lipinski definition) is 0. The molecule has 0 heterocycles. The lowest BCUT2D eigenvalue weighted by Gasteiger charge is -1.97. The van der Waals surface area contributed by atoms with Gasteiger partial charge in [0.2, 0.25) is 0 Å². The fraction of sp³-hybridized carbons (Fsp3) is 0.143. The third kappa shape index (κ3) is 1.94. The molecule has 0 fully saturated rings. The highest BCUT2D eigenvalue weighted by Crippen LogP contribution is 2.22.